The molecule has 1 aliphatic rings. The highest BCUT2D eigenvalue weighted by Crippen LogP contribution is 2.24. The van der Waals surface area contributed by atoms with Crippen molar-refractivity contribution in [2.75, 3.05) is 26.7 Å². The summed E-state index contributed by atoms with van der Waals surface area (Å²) in [5.41, 5.74) is 0. The predicted molar refractivity (Wildman–Crippen MR) is 103 cm³/mol. The summed E-state index contributed by atoms with van der Waals surface area (Å²) in [4.78, 5) is 12.1. The van der Waals surface area contributed by atoms with Gasteiger partial charge in [-0.3, -0.25) is 4.79 Å². The number of halogens is 1. The smallest absolute Gasteiger partial charge is 0.220 e. The van der Waals surface area contributed by atoms with Gasteiger partial charge in [-0.05, 0) is 69.0 Å². The normalized spacial score (nSPS) is 17.1. The number of ether oxygens (including phenoxy) is 2. The second kappa shape index (κ2) is 11.2. The fourth-order valence-electron chi connectivity index (χ4n) is 3.13. The molecule has 0 aromatic heterocycles. The van der Waals surface area contributed by atoms with Crippen molar-refractivity contribution in [2.24, 2.45) is 11.8 Å². The molecule has 1 heterocycles. The van der Waals surface area contributed by atoms with Crippen molar-refractivity contribution in [3.8, 4) is 11.5 Å². The minimum absolute atomic E-state index is 0. The number of hydrogen-bond donors (Lipinski definition) is 2. The molecule has 1 aromatic rings. The third-order valence-electron chi connectivity index (χ3n) is 4.68. The van der Waals surface area contributed by atoms with E-state index in [9.17, 15) is 4.79 Å². The summed E-state index contributed by atoms with van der Waals surface area (Å²) < 4.78 is 10.9. The first-order chi connectivity index (χ1) is 11.6. The number of benzene rings is 1. The molecule has 0 radical (unpaired) electrons. The number of amides is 1. The van der Waals surface area contributed by atoms with E-state index in [1.54, 1.807) is 7.11 Å². The Kier molecular flexibility index (Phi) is 9.68. The third-order valence-corrected chi connectivity index (χ3v) is 4.68. The van der Waals surface area contributed by atoms with E-state index in [1.165, 1.54) is 12.8 Å². The Morgan fingerprint density at radius 3 is 2.40 bits per heavy atom. The van der Waals surface area contributed by atoms with E-state index < -0.39 is 0 Å². The van der Waals surface area contributed by atoms with Gasteiger partial charge in [-0.2, -0.15) is 0 Å². The third kappa shape index (κ3) is 7.53. The van der Waals surface area contributed by atoms with Crippen LogP contribution in [0.5, 0.6) is 11.5 Å². The summed E-state index contributed by atoms with van der Waals surface area (Å²) in [5, 5.41) is 6.36. The summed E-state index contributed by atoms with van der Waals surface area (Å²) in [6, 6.07) is 7.47. The van der Waals surface area contributed by atoms with Gasteiger partial charge in [0.1, 0.15) is 17.6 Å². The number of carbonyl (C=O) groups is 1. The fraction of sp³-hybridized carbons (Fsp3) is 0.632. The molecule has 0 bridgehead atoms. The Morgan fingerprint density at radius 2 is 1.80 bits per heavy atom. The van der Waals surface area contributed by atoms with E-state index in [0.717, 1.165) is 24.6 Å². The molecular weight excluding hydrogens is 340 g/mol. The molecule has 1 aromatic carbocycles. The molecule has 1 saturated heterocycles. The molecule has 5 nitrogen and oxygen atoms in total. The van der Waals surface area contributed by atoms with Crippen LogP contribution in [-0.2, 0) is 4.79 Å². The monoisotopic (exact) mass is 370 g/mol. The molecule has 2 atom stereocenters. The van der Waals surface area contributed by atoms with Crippen LogP contribution in [0, 0.1) is 11.8 Å². The molecule has 0 spiro atoms. The minimum Gasteiger partial charge on any atom is -0.497 e. The van der Waals surface area contributed by atoms with Crippen molar-refractivity contribution in [1.29, 1.82) is 0 Å². The Labute approximate surface area is 157 Å². The highest BCUT2D eigenvalue weighted by molar-refractivity contribution is 5.85. The van der Waals surface area contributed by atoms with Crippen LogP contribution in [0.1, 0.15) is 33.1 Å². The summed E-state index contributed by atoms with van der Waals surface area (Å²) >= 11 is 0. The van der Waals surface area contributed by atoms with Gasteiger partial charge in [0.15, 0.2) is 0 Å². The van der Waals surface area contributed by atoms with Crippen molar-refractivity contribution >= 4 is 18.3 Å². The number of hydrogen-bond acceptors (Lipinski definition) is 4. The van der Waals surface area contributed by atoms with Gasteiger partial charge in [0.05, 0.1) is 13.7 Å². The molecule has 1 aliphatic heterocycles. The van der Waals surface area contributed by atoms with Crippen LogP contribution >= 0.6 is 12.4 Å². The largest absolute Gasteiger partial charge is 0.497 e. The van der Waals surface area contributed by atoms with Crippen molar-refractivity contribution in [1.82, 2.24) is 10.6 Å². The quantitative estimate of drug-likeness (QED) is 0.738. The summed E-state index contributed by atoms with van der Waals surface area (Å²) in [6.45, 7) is 6.81. The maximum absolute atomic E-state index is 12.1. The Morgan fingerprint density at radius 1 is 1.20 bits per heavy atom. The first-order valence-corrected chi connectivity index (χ1v) is 8.86. The van der Waals surface area contributed by atoms with Gasteiger partial charge >= 0.3 is 0 Å². The van der Waals surface area contributed by atoms with Gasteiger partial charge < -0.3 is 20.1 Å². The van der Waals surface area contributed by atoms with Crippen LogP contribution in [0.3, 0.4) is 0 Å². The van der Waals surface area contributed by atoms with E-state index in [1.807, 2.05) is 31.2 Å². The molecule has 2 unspecified atom stereocenters. The first-order valence-electron chi connectivity index (χ1n) is 8.86. The Hall–Kier alpha value is -1.46. The number of methoxy groups -OCH3 is 1. The Balaban J connectivity index is 0.00000312. The predicted octanol–water partition coefficient (Wildman–Crippen LogP) is 3.03. The van der Waals surface area contributed by atoms with Crippen LogP contribution in [-0.4, -0.2) is 38.8 Å². The van der Waals surface area contributed by atoms with Gasteiger partial charge in [-0.15, -0.1) is 12.4 Å². The van der Waals surface area contributed by atoms with E-state index >= 15 is 0 Å². The lowest BCUT2D eigenvalue weighted by Gasteiger charge is -2.28. The van der Waals surface area contributed by atoms with Crippen molar-refractivity contribution in [3.63, 3.8) is 0 Å². The molecule has 2 rings (SSSR count). The van der Waals surface area contributed by atoms with Crippen LogP contribution < -0.4 is 20.1 Å². The number of piperidine rings is 1. The second-order valence-corrected chi connectivity index (χ2v) is 6.68. The van der Waals surface area contributed by atoms with Crippen LogP contribution in [0.4, 0.5) is 0 Å². The molecular formula is C19H31ClN2O3. The molecule has 142 valence electrons. The summed E-state index contributed by atoms with van der Waals surface area (Å²) in [7, 11) is 1.64. The molecule has 2 N–H and O–H groups in total. The zero-order valence-electron chi connectivity index (χ0n) is 15.4. The Bertz CT molecular complexity index is 504. The summed E-state index contributed by atoms with van der Waals surface area (Å²) in [5.74, 6) is 2.79. The van der Waals surface area contributed by atoms with Gasteiger partial charge in [0, 0.05) is 6.42 Å². The van der Waals surface area contributed by atoms with E-state index in [2.05, 4.69) is 17.6 Å². The molecule has 25 heavy (non-hydrogen) atoms. The van der Waals surface area contributed by atoms with E-state index in [0.29, 0.717) is 24.8 Å². The van der Waals surface area contributed by atoms with E-state index in [-0.39, 0.29) is 24.4 Å². The summed E-state index contributed by atoms with van der Waals surface area (Å²) in [6.07, 6.45) is 2.87. The average Bonchev–Trinajstić information content (AvgIpc) is 2.61. The zero-order chi connectivity index (χ0) is 17.4. The SMILES string of the molecule is COc1ccc(OC(C)CNC(=O)CC(C)C2CCNCC2)cc1.Cl. The highest BCUT2D eigenvalue weighted by atomic mass is 35.5. The standard InChI is InChI=1S/C19H30N2O3.ClH/c1-14(16-8-10-20-11-9-16)12-19(22)21-13-15(2)24-18-6-4-17(23-3)5-7-18;/h4-7,14-16,20H,8-13H2,1-3H3,(H,21,22);1H. The van der Waals surface area contributed by atoms with Crippen LogP contribution in [0.25, 0.3) is 0 Å². The topological polar surface area (TPSA) is 59.6 Å². The lowest BCUT2D eigenvalue weighted by molar-refractivity contribution is -0.122. The van der Waals surface area contributed by atoms with Gasteiger partial charge in [0.25, 0.3) is 0 Å². The van der Waals surface area contributed by atoms with Crippen molar-refractivity contribution in [3.05, 3.63) is 24.3 Å². The van der Waals surface area contributed by atoms with Crippen LogP contribution in [0.15, 0.2) is 24.3 Å². The van der Waals surface area contributed by atoms with Gasteiger partial charge in [-0.1, -0.05) is 6.92 Å². The van der Waals surface area contributed by atoms with E-state index in [4.69, 9.17) is 9.47 Å². The number of nitrogens with one attached hydrogen (secondary N) is 2. The average molecular weight is 371 g/mol. The molecule has 1 amide bonds. The first kappa shape index (κ1) is 21.6. The molecule has 0 saturated carbocycles. The number of carbonyl (C=O) groups excluding carboxylic acids is 1. The van der Waals surface area contributed by atoms with Crippen LogP contribution in [0.2, 0.25) is 0 Å². The van der Waals surface area contributed by atoms with Gasteiger partial charge in [-0.25, -0.2) is 0 Å². The fourth-order valence-corrected chi connectivity index (χ4v) is 3.13. The number of rotatable bonds is 8. The van der Waals surface area contributed by atoms with Crippen molar-refractivity contribution < 1.29 is 14.3 Å². The highest BCUT2D eigenvalue weighted by Gasteiger charge is 2.22. The molecule has 1 fully saturated rings. The maximum atomic E-state index is 12.1. The lowest BCUT2D eigenvalue weighted by atomic mass is 9.84. The molecule has 0 aliphatic carbocycles. The molecule has 6 heteroatoms. The van der Waals surface area contributed by atoms with Crippen molar-refractivity contribution in [2.45, 2.75) is 39.2 Å². The van der Waals surface area contributed by atoms with Gasteiger partial charge in [0.2, 0.25) is 5.91 Å². The minimum atomic E-state index is -0.0727. The second-order valence-electron chi connectivity index (χ2n) is 6.68. The lowest BCUT2D eigenvalue weighted by Crippen LogP contribution is -2.36. The zero-order valence-corrected chi connectivity index (χ0v) is 16.2. The maximum Gasteiger partial charge on any atom is 0.220 e.